The fraction of sp³-hybridized carbons (Fsp3) is 0.154. The maximum atomic E-state index is 4.28. The quantitative estimate of drug-likeness (QED) is 0.889. The Labute approximate surface area is 104 Å². The van der Waals surface area contributed by atoms with Crippen LogP contribution < -0.4 is 5.32 Å². The molecule has 1 aromatic carbocycles. The van der Waals surface area contributed by atoms with Crippen molar-refractivity contribution in [3.8, 4) is 0 Å². The van der Waals surface area contributed by atoms with Crippen molar-refractivity contribution in [1.29, 1.82) is 0 Å². The molecule has 2 nitrogen and oxygen atoms in total. The van der Waals surface area contributed by atoms with Crippen molar-refractivity contribution < 1.29 is 0 Å². The highest BCUT2D eigenvalue weighted by Gasteiger charge is 2.00. The lowest BCUT2D eigenvalue weighted by atomic mass is 10.2. The van der Waals surface area contributed by atoms with Crippen LogP contribution in [0.2, 0.25) is 0 Å². The summed E-state index contributed by atoms with van der Waals surface area (Å²) in [7, 11) is 0. The lowest BCUT2D eigenvalue weighted by Crippen LogP contribution is -1.95. The zero-order valence-electron chi connectivity index (χ0n) is 9.29. The maximum Gasteiger partial charge on any atom is 0.130 e. The number of aryl methyl sites for hydroxylation is 2. The molecule has 0 bridgehead atoms. The Balaban J connectivity index is 2.27. The Hall–Kier alpha value is -1.35. The molecule has 1 aromatic heterocycles. The predicted molar refractivity (Wildman–Crippen MR) is 71.1 cm³/mol. The highest BCUT2D eigenvalue weighted by Crippen LogP contribution is 2.23. The van der Waals surface area contributed by atoms with E-state index in [0.29, 0.717) is 0 Å². The molecule has 0 unspecified atom stereocenters. The van der Waals surface area contributed by atoms with E-state index < -0.39 is 0 Å². The molecule has 0 spiro atoms. The van der Waals surface area contributed by atoms with E-state index >= 15 is 0 Å². The first-order valence-electron chi connectivity index (χ1n) is 5.11. The van der Waals surface area contributed by atoms with E-state index in [0.717, 1.165) is 16.0 Å². The van der Waals surface area contributed by atoms with Crippen LogP contribution in [0, 0.1) is 13.8 Å². The summed E-state index contributed by atoms with van der Waals surface area (Å²) < 4.78 is 1.09. The van der Waals surface area contributed by atoms with Gasteiger partial charge in [-0.2, -0.15) is 0 Å². The SMILES string of the molecule is Cc1ccnc(Nc2ccc(Br)cc2C)c1. The standard InChI is InChI=1S/C13H13BrN2/c1-9-5-6-15-13(7-9)16-12-4-3-11(14)8-10(12)2/h3-8H,1-2H3,(H,15,16). The van der Waals surface area contributed by atoms with E-state index in [-0.39, 0.29) is 0 Å². The van der Waals surface area contributed by atoms with Gasteiger partial charge in [-0.3, -0.25) is 0 Å². The summed E-state index contributed by atoms with van der Waals surface area (Å²) in [6.45, 7) is 4.13. The lowest BCUT2D eigenvalue weighted by molar-refractivity contribution is 1.26. The largest absolute Gasteiger partial charge is 0.340 e. The summed E-state index contributed by atoms with van der Waals surface area (Å²) in [5.41, 5.74) is 3.48. The van der Waals surface area contributed by atoms with Gasteiger partial charge in [-0.25, -0.2) is 4.98 Å². The number of anilines is 2. The molecule has 0 amide bonds. The molecule has 0 atom stereocenters. The molecule has 0 aliphatic carbocycles. The number of hydrogen-bond acceptors (Lipinski definition) is 2. The van der Waals surface area contributed by atoms with Gasteiger partial charge in [-0.1, -0.05) is 15.9 Å². The molecule has 0 aliphatic heterocycles. The maximum absolute atomic E-state index is 4.28. The fourth-order valence-electron chi connectivity index (χ4n) is 1.51. The van der Waals surface area contributed by atoms with Gasteiger partial charge in [0.15, 0.2) is 0 Å². The minimum atomic E-state index is 0.880. The highest BCUT2D eigenvalue weighted by molar-refractivity contribution is 9.10. The predicted octanol–water partition coefficient (Wildman–Crippen LogP) is 4.20. The van der Waals surface area contributed by atoms with Crippen LogP contribution in [0.4, 0.5) is 11.5 Å². The summed E-state index contributed by atoms with van der Waals surface area (Å²) >= 11 is 3.45. The lowest BCUT2D eigenvalue weighted by Gasteiger charge is -2.09. The first kappa shape index (κ1) is 11.1. The van der Waals surface area contributed by atoms with Gasteiger partial charge in [0.25, 0.3) is 0 Å². The van der Waals surface area contributed by atoms with E-state index in [2.05, 4.69) is 46.1 Å². The second-order valence-electron chi connectivity index (χ2n) is 3.80. The third kappa shape index (κ3) is 2.61. The summed E-state index contributed by atoms with van der Waals surface area (Å²) in [4.78, 5) is 4.28. The third-order valence-electron chi connectivity index (χ3n) is 2.37. The third-order valence-corrected chi connectivity index (χ3v) is 2.86. The molecular weight excluding hydrogens is 264 g/mol. The van der Waals surface area contributed by atoms with Crippen LogP contribution in [-0.4, -0.2) is 4.98 Å². The first-order valence-corrected chi connectivity index (χ1v) is 5.90. The molecule has 2 rings (SSSR count). The molecule has 0 saturated heterocycles. The van der Waals surface area contributed by atoms with Gasteiger partial charge in [0, 0.05) is 16.4 Å². The number of benzene rings is 1. The van der Waals surface area contributed by atoms with Gasteiger partial charge < -0.3 is 5.32 Å². The monoisotopic (exact) mass is 276 g/mol. The number of halogens is 1. The highest BCUT2D eigenvalue weighted by atomic mass is 79.9. The molecule has 0 aliphatic rings. The van der Waals surface area contributed by atoms with Crippen LogP contribution in [0.15, 0.2) is 41.0 Å². The van der Waals surface area contributed by atoms with Crippen LogP contribution in [0.5, 0.6) is 0 Å². The molecule has 0 saturated carbocycles. The van der Waals surface area contributed by atoms with Crippen LogP contribution in [0.3, 0.4) is 0 Å². The van der Waals surface area contributed by atoms with E-state index in [1.807, 2.05) is 30.5 Å². The topological polar surface area (TPSA) is 24.9 Å². The van der Waals surface area contributed by atoms with Crippen LogP contribution in [-0.2, 0) is 0 Å². The number of pyridine rings is 1. The van der Waals surface area contributed by atoms with Crippen LogP contribution >= 0.6 is 15.9 Å². The molecule has 16 heavy (non-hydrogen) atoms. The van der Waals surface area contributed by atoms with Crippen molar-refractivity contribution in [3.05, 3.63) is 52.1 Å². The zero-order chi connectivity index (χ0) is 11.5. The van der Waals surface area contributed by atoms with Crippen molar-refractivity contribution in [3.63, 3.8) is 0 Å². The molecule has 2 aromatic rings. The first-order chi connectivity index (χ1) is 7.65. The van der Waals surface area contributed by atoms with Crippen molar-refractivity contribution in [2.45, 2.75) is 13.8 Å². The van der Waals surface area contributed by atoms with Gasteiger partial charge >= 0.3 is 0 Å². The number of rotatable bonds is 2. The number of nitrogens with zero attached hydrogens (tertiary/aromatic N) is 1. The van der Waals surface area contributed by atoms with Gasteiger partial charge in [0.2, 0.25) is 0 Å². The average Bonchev–Trinajstić information content (AvgIpc) is 2.22. The average molecular weight is 277 g/mol. The van der Waals surface area contributed by atoms with Crippen molar-refractivity contribution >= 4 is 27.4 Å². The van der Waals surface area contributed by atoms with Crippen LogP contribution in [0.1, 0.15) is 11.1 Å². The summed E-state index contributed by atoms with van der Waals surface area (Å²) in [5.74, 6) is 0.880. The smallest absolute Gasteiger partial charge is 0.130 e. The Morgan fingerprint density at radius 1 is 1.12 bits per heavy atom. The van der Waals surface area contributed by atoms with Gasteiger partial charge in [-0.15, -0.1) is 0 Å². The Morgan fingerprint density at radius 2 is 1.94 bits per heavy atom. The van der Waals surface area contributed by atoms with Crippen molar-refractivity contribution in [2.24, 2.45) is 0 Å². The Morgan fingerprint density at radius 3 is 2.62 bits per heavy atom. The summed E-state index contributed by atoms with van der Waals surface area (Å²) in [6, 6.07) is 10.2. The summed E-state index contributed by atoms with van der Waals surface area (Å²) in [6.07, 6.45) is 1.81. The summed E-state index contributed by atoms with van der Waals surface area (Å²) in [5, 5.41) is 3.31. The minimum Gasteiger partial charge on any atom is -0.340 e. The van der Waals surface area contributed by atoms with Crippen molar-refractivity contribution in [2.75, 3.05) is 5.32 Å². The Bertz CT molecular complexity index is 509. The second kappa shape index (κ2) is 4.66. The van der Waals surface area contributed by atoms with Gasteiger partial charge in [0.1, 0.15) is 5.82 Å². The minimum absolute atomic E-state index is 0.880. The van der Waals surface area contributed by atoms with Crippen molar-refractivity contribution in [1.82, 2.24) is 4.98 Å². The second-order valence-corrected chi connectivity index (χ2v) is 4.72. The normalized spacial score (nSPS) is 10.2. The Kier molecular flexibility index (Phi) is 3.25. The molecule has 1 heterocycles. The van der Waals surface area contributed by atoms with E-state index in [1.165, 1.54) is 11.1 Å². The van der Waals surface area contributed by atoms with E-state index in [1.54, 1.807) is 0 Å². The van der Waals surface area contributed by atoms with E-state index in [4.69, 9.17) is 0 Å². The molecule has 3 heteroatoms. The van der Waals surface area contributed by atoms with Gasteiger partial charge in [-0.05, 0) is 55.3 Å². The molecule has 1 N–H and O–H groups in total. The number of aromatic nitrogens is 1. The molecule has 0 fully saturated rings. The number of nitrogens with one attached hydrogen (secondary N) is 1. The molecule has 82 valence electrons. The van der Waals surface area contributed by atoms with Crippen LogP contribution in [0.25, 0.3) is 0 Å². The molecule has 0 radical (unpaired) electrons. The van der Waals surface area contributed by atoms with Gasteiger partial charge in [0.05, 0.1) is 0 Å². The number of hydrogen-bond donors (Lipinski definition) is 1. The van der Waals surface area contributed by atoms with E-state index in [9.17, 15) is 0 Å². The molecular formula is C13H13BrN2. The zero-order valence-corrected chi connectivity index (χ0v) is 10.9. The fourth-order valence-corrected chi connectivity index (χ4v) is 1.99.